The third-order valence-electron chi connectivity index (χ3n) is 6.91. The van der Waals surface area contributed by atoms with E-state index in [4.69, 9.17) is 21.1 Å². The van der Waals surface area contributed by atoms with Gasteiger partial charge in [0.25, 0.3) is 5.91 Å². The fourth-order valence-corrected chi connectivity index (χ4v) is 4.97. The van der Waals surface area contributed by atoms with Crippen molar-refractivity contribution in [3.8, 4) is 0 Å². The number of hydrogen-bond donors (Lipinski definition) is 4. The summed E-state index contributed by atoms with van der Waals surface area (Å²) in [6.45, 7) is 12.3. The molecule has 1 heterocycles. The van der Waals surface area contributed by atoms with Crippen LogP contribution < -0.4 is 27.1 Å². The number of carbonyl (C=O) groups excluding carboxylic acids is 6. The number of imide groups is 1. The Bertz CT molecular complexity index is 1630. The molecule has 0 radical (unpaired) electrons. The molecule has 1 aliphatic heterocycles. The zero-order valence-corrected chi connectivity index (χ0v) is 29.1. The Hall–Kier alpha value is -4.82. The minimum absolute atomic E-state index is 0. The number of hydrogen-bond acceptors (Lipinski definition) is 12. The molecular weight excluding hydrogens is 644 g/mol. The number of benzene rings is 2. The molecule has 1 saturated heterocycles. The molecule has 15 heteroatoms. The number of ketones is 2. The third kappa shape index (κ3) is 9.16. The van der Waals surface area contributed by atoms with E-state index in [0.29, 0.717) is 11.1 Å². The van der Waals surface area contributed by atoms with Gasteiger partial charge < -0.3 is 31.7 Å². The predicted molar refractivity (Wildman–Crippen MR) is 182 cm³/mol. The number of nitrogens with one attached hydrogen (secondary N) is 2. The quantitative estimate of drug-likeness (QED) is 0.0670. The summed E-state index contributed by atoms with van der Waals surface area (Å²) in [6.07, 6.45) is 0.881. The maximum atomic E-state index is 14.0. The topological polar surface area (TPSA) is 213 Å². The smallest absolute Gasteiger partial charge is 0.329 e. The highest BCUT2D eigenvalue weighted by Crippen LogP contribution is 2.38. The SMILES string of the molecule is CC(=O)c1c(N2C(=O)N[C@](C)(c3ccc(C=NN)cc3)C2=O)ccc(NCC(=O)OC(C)(C)C)c1C(=O)[C@@H](N)CC(=O)OC(C)(C)C.Cl. The van der Waals surface area contributed by atoms with Gasteiger partial charge in [-0.1, -0.05) is 24.3 Å². The molecule has 0 unspecified atom stereocenters. The minimum atomic E-state index is -1.55. The first-order valence-electron chi connectivity index (χ1n) is 14.8. The highest BCUT2D eigenvalue weighted by Gasteiger charge is 2.51. The number of ether oxygens (including phenoxy) is 2. The van der Waals surface area contributed by atoms with E-state index in [1.54, 1.807) is 65.8 Å². The Morgan fingerprint density at radius 1 is 0.958 bits per heavy atom. The van der Waals surface area contributed by atoms with Gasteiger partial charge in [0, 0.05) is 5.69 Å². The van der Waals surface area contributed by atoms with Gasteiger partial charge in [-0.25, -0.2) is 9.69 Å². The number of carbonyl (C=O) groups is 6. The lowest BCUT2D eigenvalue weighted by atomic mass is 9.90. The molecule has 0 spiro atoms. The van der Waals surface area contributed by atoms with Crippen LogP contribution in [0.15, 0.2) is 41.5 Å². The van der Waals surface area contributed by atoms with Crippen molar-refractivity contribution in [2.24, 2.45) is 16.7 Å². The molecule has 0 bridgehead atoms. The number of nitrogens with zero attached hydrogens (tertiary/aromatic N) is 2. The van der Waals surface area contributed by atoms with Crippen molar-refractivity contribution in [3.63, 3.8) is 0 Å². The van der Waals surface area contributed by atoms with Crippen LogP contribution in [0.5, 0.6) is 0 Å². The number of nitrogens with two attached hydrogens (primary N) is 2. The first-order chi connectivity index (χ1) is 21.7. The van der Waals surface area contributed by atoms with Crippen LogP contribution in [0.3, 0.4) is 0 Å². The Kier molecular flexibility index (Phi) is 12.3. The summed E-state index contributed by atoms with van der Waals surface area (Å²) in [5.41, 5.74) is 3.29. The van der Waals surface area contributed by atoms with E-state index in [-0.39, 0.29) is 34.9 Å². The molecule has 2 aromatic carbocycles. The van der Waals surface area contributed by atoms with Crippen molar-refractivity contribution in [2.45, 2.75) is 84.6 Å². The largest absolute Gasteiger partial charge is 0.460 e. The molecule has 0 saturated carbocycles. The summed E-state index contributed by atoms with van der Waals surface area (Å²) < 4.78 is 10.7. The number of halogens is 1. The van der Waals surface area contributed by atoms with E-state index >= 15 is 0 Å². The van der Waals surface area contributed by atoms with E-state index in [9.17, 15) is 28.8 Å². The zero-order chi connectivity index (χ0) is 35.5. The molecular formula is C33H43ClN6O8. The number of esters is 2. The number of anilines is 2. The second kappa shape index (κ2) is 14.9. The average Bonchev–Trinajstić information content (AvgIpc) is 3.17. The lowest BCUT2D eigenvalue weighted by Gasteiger charge is -2.25. The van der Waals surface area contributed by atoms with Gasteiger partial charge in [0.1, 0.15) is 23.3 Å². The molecule has 48 heavy (non-hydrogen) atoms. The zero-order valence-electron chi connectivity index (χ0n) is 28.3. The third-order valence-corrected chi connectivity index (χ3v) is 6.91. The molecule has 1 fully saturated rings. The molecule has 1 aliphatic rings. The molecule has 14 nitrogen and oxygen atoms in total. The van der Waals surface area contributed by atoms with E-state index in [1.807, 2.05) is 0 Å². The summed E-state index contributed by atoms with van der Waals surface area (Å²) in [6, 6.07) is 6.90. The number of hydrazone groups is 1. The minimum Gasteiger partial charge on any atom is -0.460 e. The summed E-state index contributed by atoms with van der Waals surface area (Å²) in [5.74, 6) is 1.54. The van der Waals surface area contributed by atoms with Crippen LogP contribution in [0.1, 0.15) is 93.7 Å². The van der Waals surface area contributed by atoms with E-state index in [1.165, 1.54) is 25.3 Å². The van der Waals surface area contributed by atoms with Crippen molar-refractivity contribution < 1.29 is 38.2 Å². The number of urea groups is 1. The van der Waals surface area contributed by atoms with Crippen molar-refractivity contribution >= 4 is 65.4 Å². The Balaban J connectivity index is 0.00000800. The second-order valence-corrected chi connectivity index (χ2v) is 13.2. The molecule has 2 aromatic rings. The first-order valence-corrected chi connectivity index (χ1v) is 14.8. The van der Waals surface area contributed by atoms with Crippen molar-refractivity contribution in [1.29, 1.82) is 0 Å². The lowest BCUT2D eigenvalue weighted by molar-refractivity contribution is -0.155. The fraction of sp³-hybridized carbons (Fsp3) is 0.424. The maximum absolute atomic E-state index is 14.0. The molecule has 0 aromatic heterocycles. The van der Waals surface area contributed by atoms with Crippen LogP contribution in [0.2, 0.25) is 0 Å². The Labute approximate surface area is 285 Å². The normalized spacial score (nSPS) is 17.0. The molecule has 3 amide bonds. The molecule has 260 valence electrons. The van der Waals surface area contributed by atoms with Crippen LogP contribution in [0, 0.1) is 0 Å². The highest BCUT2D eigenvalue weighted by atomic mass is 35.5. The van der Waals surface area contributed by atoms with Crippen LogP contribution in [-0.4, -0.2) is 65.4 Å². The summed E-state index contributed by atoms with van der Waals surface area (Å²) in [7, 11) is 0. The van der Waals surface area contributed by atoms with Crippen molar-refractivity contribution in [3.05, 3.63) is 58.7 Å². The monoisotopic (exact) mass is 686 g/mol. The van der Waals surface area contributed by atoms with Gasteiger partial charge in [-0.3, -0.25) is 24.0 Å². The average molecular weight is 687 g/mol. The van der Waals surface area contributed by atoms with Gasteiger partial charge in [0.2, 0.25) is 0 Å². The summed E-state index contributed by atoms with van der Waals surface area (Å²) in [5, 5.41) is 8.96. The molecule has 3 rings (SSSR count). The van der Waals surface area contributed by atoms with Crippen molar-refractivity contribution in [1.82, 2.24) is 5.32 Å². The van der Waals surface area contributed by atoms with Crippen LogP contribution in [-0.2, 0) is 29.4 Å². The first kappa shape index (κ1) is 39.4. The Morgan fingerprint density at radius 2 is 1.52 bits per heavy atom. The fourth-order valence-electron chi connectivity index (χ4n) is 4.97. The van der Waals surface area contributed by atoms with Gasteiger partial charge in [-0.15, -0.1) is 12.4 Å². The van der Waals surface area contributed by atoms with E-state index < -0.39 is 71.2 Å². The van der Waals surface area contributed by atoms with Gasteiger partial charge in [0.15, 0.2) is 11.6 Å². The van der Waals surface area contributed by atoms with Gasteiger partial charge in [0.05, 0.1) is 35.5 Å². The molecule has 2 atom stereocenters. The van der Waals surface area contributed by atoms with Gasteiger partial charge >= 0.3 is 18.0 Å². The van der Waals surface area contributed by atoms with Crippen LogP contribution in [0.4, 0.5) is 16.2 Å². The summed E-state index contributed by atoms with van der Waals surface area (Å²) in [4.78, 5) is 80.6. The van der Waals surface area contributed by atoms with Gasteiger partial charge in [-0.05, 0) is 78.6 Å². The van der Waals surface area contributed by atoms with Crippen LogP contribution >= 0.6 is 12.4 Å². The highest BCUT2D eigenvalue weighted by molar-refractivity contribution is 6.27. The van der Waals surface area contributed by atoms with Gasteiger partial charge in [-0.2, -0.15) is 5.10 Å². The van der Waals surface area contributed by atoms with E-state index in [0.717, 1.165) is 11.8 Å². The Morgan fingerprint density at radius 3 is 2.04 bits per heavy atom. The number of Topliss-reactive ketones (excluding diaryl/α,β-unsaturated/α-hetero) is 2. The predicted octanol–water partition coefficient (Wildman–Crippen LogP) is 3.57. The molecule has 0 aliphatic carbocycles. The maximum Gasteiger partial charge on any atom is 0.329 e. The lowest BCUT2D eigenvalue weighted by Crippen LogP contribution is -2.41. The van der Waals surface area contributed by atoms with Crippen LogP contribution in [0.25, 0.3) is 0 Å². The summed E-state index contributed by atoms with van der Waals surface area (Å²) >= 11 is 0. The van der Waals surface area contributed by atoms with Crippen molar-refractivity contribution in [2.75, 3.05) is 16.8 Å². The number of amides is 3. The standard InChI is InChI=1S/C33H42N6O8.ClH/c1-18(40)26-23(39-29(44)33(8,38-30(39)45)20-11-9-19(10-12-20)16-37-35)14-13-22(36-17-25(42)47-32(5,6)7)27(26)28(43)21(34)15-24(41)46-31(2,3)4;/h9-14,16,21,36H,15,17,34-35H2,1-8H3,(H,38,45);1H/t21-,33+;/m0./s1. The van der Waals surface area contributed by atoms with E-state index in [2.05, 4.69) is 15.7 Å². The molecule has 6 N–H and O–H groups in total. The number of rotatable bonds is 11. The second-order valence-electron chi connectivity index (χ2n) is 13.2.